The molecule has 0 amide bonds. The van der Waals surface area contributed by atoms with Gasteiger partial charge in [0, 0.05) is 0 Å². The summed E-state index contributed by atoms with van der Waals surface area (Å²) in [6.45, 7) is 2.22. The molecule has 0 aliphatic heterocycles. The van der Waals surface area contributed by atoms with Gasteiger partial charge in [-0.1, -0.05) is 0 Å². The summed E-state index contributed by atoms with van der Waals surface area (Å²) in [5, 5.41) is 0. The third-order valence-electron chi connectivity index (χ3n) is 5.57. The van der Waals surface area contributed by atoms with Crippen molar-refractivity contribution < 1.29 is 4.57 Å². The Hall–Kier alpha value is -1.09. The summed E-state index contributed by atoms with van der Waals surface area (Å²) in [6, 6.07) is 11.3. The van der Waals surface area contributed by atoms with E-state index >= 15 is 0 Å². The Morgan fingerprint density at radius 3 is 2.38 bits per heavy atom. The summed E-state index contributed by atoms with van der Waals surface area (Å²) in [7, 11) is 2.22. The normalized spacial score (nSPS) is 15.9. The number of pyridine rings is 1. The fourth-order valence-corrected chi connectivity index (χ4v) is 7.79. The molecule has 0 bridgehead atoms. The van der Waals surface area contributed by atoms with Crippen LogP contribution in [0.25, 0.3) is 11.3 Å². The zero-order valence-corrected chi connectivity index (χ0v) is 18.1. The Balaban J connectivity index is 2.09. The van der Waals surface area contributed by atoms with Crippen LogP contribution < -0.4 is 8.96 Å². The van der Waals surface area contributed by atoms with Gasteiger partial charge in [-0.25, -0.2) is 0 Å². The van der Waals surface area contributed by atoms with E-state index in [1.54, 1.807) is 9.96 Å². The molecule has 1 aliphatic carbocycles. The maximum atomic E-state index is 2.53. The second-order valence-electron chi connectivity index (χ2n) is 8.63. The van der Waals surface area contributed by atoms with Gasteiger partial charge in [-0.15, -0.1) is 0 Å². The summed E-state index contributed by atoms with van der Waals surface area (Å²) in [4.78, 5) is 0. The molecule has 0 spiro atoms. The van der Waals surface area contributed by atoms with Crippen molar-refractivity contribution in [2.45, 2.75) is 56.3 Å². The van der Waals surface area contributed by atoms with E-state index in [-0.39, 0.29) is 0 Å². The zero-order valence-electron chi connectivity index (χ0n) is 16.0. The molecule has 1 saturated carbocycles. The molecule has 1 nitrogen and oxygen atoms in total. The van der Waals surface area contributed by atoms with E-state index in [9.17, 15) is 0 Å². The minimum absolute atomic E-state index is 0.908. The molecule has 1 fully saturated rings. The minimum atomic E-state index is -1.87. The van der Waals surface area contributed by atoms with Crippen molar-refractivity contribution in [3.8, 4) is 11.3 Å². The summed E-state index contributed by atoms with van der Waals surface area (Å²) >= 11 is -1.87. The number of aromatic nitrogens is 1. The third-order valence-corrected chi connectivity index (χ3v) is 9.91. The molecule has 1 heterocycles. The average Bonchev–Trinajstić information content (AvgIpc) is 3.01. The summed E-state index contributed by atoms with van der Waals surface area (Å²) in [6.07, 6.45) is 9.47. The number of hydrogen-bond acceptors (Lipinski definition) is 0. The van der Waals surface area contributed by atoms with E-state index in [4.69, 9.17) is 0 Å². The van der Waals surface area contributed by atoms with E-state index in [1.165, 1.54) is 48.9 Å². The Morgan fingerprint density at radius 1 is 1.08 bits per heavy atom. The molecule has 1 aliphatic rings. The Labute approximate surface area is 150 Å². The van der Waals surface area contributed by atoms with Crippen LogP contribution in [-0.4, -0.2) is 13.3 Å². The van der Waals surface area contributed by atoms with E-state index in [2.05, 4.69) is 72.3 Å². The summed E-state index contributed by atoms with van der Waals surface area (Å²) in [5.41, 5.74) is 5.76. The number of nitrogens with zero attached hydrogens (tertiary/aromatic N) is 1. The second-order valence-corrected chi connectivity index (χ2v) is 19.2. The molecule has 0 radical (unpaired) electrons. The first kappa shape index (κ1) is 17.7. The van der Waals surface area contributed by atoms with Crippen LogP contribution in [0, 0.1) is 12.8 Å². The van der Waals surface area contributed by atoms with Gasteiger partial charge in [0.05, 0.1) is 0 Å². The molecular formula is C22H32GeN+. The molecular weight excluding hydrogens is 351 g/mol. The van der Waals surface area contributed by atoms with Gasteiger partial charge in [0.2, 0.25) is 0 Å². The van der Waals surface area contributed by atoms with Gasteiger partial charge in [-0.05, 0) is 0 Å². The van der Waals surface area contributed by atoms with Gasteiger partial charge in [0.1, 0.15) is 0 Å². The molecule has 0 unspecified atom stereocenters. The quantitative estimate of drug-likeness (QED) is 0.530. The maximum absolute atomic E-state index is 2.53. The number of benzene rings is 1. The van der Waals surface area contributed by atoms with Gasteiger partial charge in [-0.2, -0.15) is 0 Å². The Kier molecular flexibility index (Phi) is 5.20. The van der Waals surface area contributed by atoms with E-state index in [1.807, 2.05) is 0 Å². The summed E-state index contributed by atoms with van der Waals surface area (Å²) < 4.78 is 4.06. The monoisotopic (exact) mass is 384 g/mol. The van der Waals surface area contributed by atoms with E-state index in [0.29, 0.717) is 0 Å². The topological polar surface area (TPSA) is 3.88 Å². The molecule has 2 aromatic rings. The van der Waals surface area contributed by atoms with Crippen LogP contribution in [0.3, 0.4) is 0 Å². The molecule has 1 aromatic carbocycles. The predicted molar refractivity (Wildman–Crippen MR) is 106 cm³/mol. The molecule has 128 valence electrons. The molecule has 24 heavy (non-hydrogen) atoms. The van der Waals surface area contributed by atoms with Crippen LogP contribution in [0.5, 0.6) is 0 Å². The third kappa shape index (κ3) is 3.77. The van der Waals surface area contributed by atoms with Crippen LogP contribution in [0.1, 0.15) is 36.8 Å². The molecule has 2 heteroatoms. The van der Waals surface area contributed by atoms with E-state index in [0.717, 1.165) is 5.92 Å². The van der Waals surface area contributed by atoms with Crippen molar-refractivity contribution in [2.75, 3.05) is 0 Å². The molecule has 0 N–H and O–H groups in total. The number of aryl methyl sites for hydroxylation is 2. The second kappa shape index (κ2) is 7.03. The van der Waals surface area contributed by atoms with Crippen molar-refractivity contribution in [3.05, 3.63) is 47.7 Å². The number of rotatable bonds is 4. The SMILES string of the molecule is Cc1ccccc1-c1cc(CC2CCCC2)[c]([Ge]([CH3])([CH3])[CH3])c[n+]1C. The van der Waals surface area contributed by atoms with E-state index < -0.39 is 13.3 Å². The molecule has 3 rings (SSSR count). The first-order valence-electron chi connectivity index (χ1n) is 9.45. The van der Waals surface area contributed by atoms with Crippen LogP contribution in [0.2, 0.25) is 17.3 Å². The van der Waals surface area contributed by atoms with Crippen molar-refractivity contribution in [1.29, 1.82) is 0 Å². The fourth-order valence-electron chi connectivity index (χ4n) is 4.19. The van der Waals surface area contributed by atoms with Crippen molar-refractivity contribution in [3.63, 3.8) is 0 Å². The van der Waals surface area contributed by atoms with Crippen molar-refractivity contribution >= 4 is 17.7 Å². The van der Waals surface area contributed by atoms with Gasteiger partial charge in [-0.3, -0.25) is 0 Å². The average molecular weight is 383 g/mol. The van der Waals surface area contributed by atoms with Crippen LogP contribution in [0.15, 0.2) is 36.5 Å². The Bertz CT molecular complexity index is 721. The molecule has 0 atom stereocenters. The first-order chi connectivity index (χ1) is 11.4. The van der Waals surface area contributed by atoms with Gasteiger partial charge >= 0.3 is 150 Å². The first-order valence-corrected chi connectivity index (χ1v) is 16.8. The Morgan fingerprint density at radius 2 is 1.75 bits per heavy atom. The molecule has 0 saturated heterocycles. The zero-order chi connectivity index (χ0) is 17.3. The van der Waals surface area contributed by atoms with Gasteiger partial charge < -0.3 is 0 Å². The van der Waals surface area contributed by atoms with Crippen LogP contribution in [0.4, 0.5) is 0 Å². The van der Waals surface area contributed by atoms with Gasteiger partial charge in [0.25, 0.3) is 0 Å². The number of hydrogen-bond donors (Lipinski definition) is 0. The molecule has 1 aromatic heterocycles. The van der Waals surface area contributed by atoms with Crippen LogP contribution in [-0.2, 0) is 13.5 Å². The van der Waals surface area contributed by atoms with Gasteiger partial charge in [0.15, 0.2) is 0 Å². The summed E-state index contributed by atoms with van der Waals surface area (Å²) in [5.74, 6) is 8.49. The van der Waals surface area contributed by atoms with Crippen LogP contribution >= 0.6 is 0 Å². The standard InChI is InChI=1S/C22H32GeN/c1-17-10-6-9-13-20(17)22-15-19(14-18-11-7-8-12-18)21(16-24(22)5)23(2,3)4/h6,9-10,13,15-16,18H,7-8,11-12,14H2,1-5H3/q+1. The fraction of sp³-hybridized carbons (Fsp3) is 0.500. The van der Waals surface area contributed by atoms with Crippen molar-refractivity contribution in [1.82, 2.24) is 0 Å². The van der Waals surface area contributed by atoms with Crippen molar-refractivity contribution in [2.24, 2.45) is 13.0 Å². The predicted octanol–water partition coefficient (Wildman–Crippen LogP) is 4.76.